The van der Waals surface area contributed by atoms with E-state index in [2.05, 4.69) is 48.5 Å². The summed E-state index contributed by atoms with van der Waals surface area (Å²) in [7, 11) is 0. The molecule has 0 saturated carbocycles. The van der Waals surface area contributed by atoms with E-state index in [9.17, 15) is 0 Å². The molecule has 0 spiro atoms. The van der Waals surface area contributed by atoms with Crippen molar-refractivity contribution >= 4 is 39.1 Å². The van der Waals surface area contributed by atoms with E-state index in [0.29, 0.717) is 0 Å². The number of rotatable bonds is 2. The molecule has 0 unspecified atom stereocenters. The van der Waals surface area contributed by atoms with Gasteiger partial charge in [0.2, 0.25) is 0 Å². The molecule has 1 aromatic heterocycles. The van der Waals surface area contributed by atoms with Crippen LogP contribution < -0.4 is 5.73 Å². The Bertz CT molecular complexity index is 1020. The molecule has 0 radical (unpaired) electrons. The molecule has 0 bridgehead atoms. The molecule has 23 heavy (non-hydrogen) atoms. The van der Waals surface area contributed by atoms with Gasteiger partial charge in [0.05, 0.1) is 5.52 Å². The summed E-state index contributed by atoms with van der Waals surface area (Å²) in [6.07, 6.45) is 0. The van der Waals surface area contributed by atoms with Gasteiger partial charge in [0.25, 0.3) is 0 Å². The van der Waals surface area contributed by atoms with Gasteiger partial charge in [-0.25, -0.2) is 0 Å². The Hall–Kier alpha value is -2.52. The van der Waals surface area contributed by atoms with Crippen LogP contribution in [0.25, 0.3) is 21.7 Å². The maximum atomic E-state index is 6.13. The lowest BCUT2D eigenvalue weighted by Crippen LogP contribution is -1.91. The second kappa shape index (κ2) is 5.60. The molecule has 112 valence electrons. The fraction of sp³-hybridized carbons (Fsp3) is 0.0500. The highest BCUT2D eigenvalue weighted by Gasteiger charge is 2.10. The zero-order valence-electron chi connectivity index (χ0n) is 12.8. The Labute approximate surface area is 139 Å². The lowest BCUT2D eigenvalue weighted by molar-refractivity contribution is 1.22. The summed E-state index contributed by atoms with van der Waals surface area (Å²) < 4.78 is 0. The van der Waals surface area contributed by atoms with Gasteiger partial charge in [-0.1, -0.05) is 54.2 Å². The van der Waals surface area contributed by atoms with Crippen LogP contribution in [0.1, 0.15) is 5.69 Å². The van der Waals surface area contributed by atoms with E-state index in [-0.39, 0.29) is 0 Å². The number of hydrogen-bond acceptors (Lipinski definition) is 3. The Kier molecular flexibility index (Phi) is 3.43. The third-order valence-electron chi connectivity index (χ3n) is 3.93. The highest BCUT2D eigenvalue weighted by Crippen LogP contribution is 2.39. The fourth-order valence-electron chi connectivity index (χ4n) is 2.87. The number of aryl methyl sites for hydroxylation is 1. The molecule has 3 aromatic carbocycles. The van der Waals surface area contributed by atoms with Crippen LogP contribution in [0, 0.1) is 6.92 Å². The van der Waals surface area contributed by atoms with E-state index in [1.54, 1.807) is 11.8 Å². The van der Waals surface area contributed by atoms with Gasteiger partial charge in [-0.15, -0.1) is 0 Å². The van der Waals surface area contributed by atoms with Crippen molar-refractivity contribution in [3.8, 4) is 0 Å². The lowest BCUT2D eigenvalue weighted by Gasteiger charge is -2.11. The number of nitrogens with zero attached hydrogens (tertiary/aromatic N) is 1. The summed E-state index contributed by atoms with van der Waals surface area (Å²) in [5.74, 6) is 0. The Balaban J connectivity index is 2.01. The summed E-state index contributed by atoms with van der Waals surface area (Å²) in [6, 6.07) is 22.8. The van der Waals surface area contributed by atoms with Crippen LogP contribution in [0.5, 0.6) is 0 Å². The molecule has 0 aliphatic carbocycles. The summed E-state index contributed by atoms with van der Waals surface area (Å²) in [4.78, 5) is 6.98. The number of aromatic nitrogens is 1. The van der Waals surface area contributed by atoms with Crippen molar-refractivity contribution in [1.29, 1.82) is 0 Å². The second-order valence-electron chi connectivity index (χ2n) is 5.58. The largest absolute Gasteiger partial charge is 0.398 e. The molecule has 2 N–H and O–H groups in total. The van der Waals surface area contributed by atoms with Crippen molar-refractivity contribution in [2.24, 2.45) is 0 Å². The normalized spacial score (nSPS) is 11.2. The monoisotopic (exact) mass is 316 g/mol. The van der Waals surface area contributed by atoms with Gasteiger partial charge >= 0.3 is 0 Å². The average Bonchev–Trinajstić information content (AvgIpc) is 2.56. The minimum absolute atomic E-state index is 0.806. The molecule has 4 rings (SSSR count). The first-order valence-corrected chi connectivity index (χ1v) is 8.35. The zero-order chi connectivity index (χ0) is 15.8. The number of nitrogen functional groups attached to an aromatic ring is 1. The predicted octanol–water partition coefficient (Wildman–Crippen LogP) is 5.43. The van der Waals surface area contributed by atoms with Gasteiger partial charge < -0.3 is 5.73 Å². The summed E-state index contributed by atoms with van der Waals surface area (Å²) >= 11 is 1.71. The maximum absolute atomic E-state index is 6.13. The molecule has 0 saturated heterocycles. The van der Waals surface area contributed by atoms with Crippen molar-refractivity contribution in [3.05, 3.63) is 72.4 Å². The van der Waals surface area contributed by atoms with Crippen molar-refractivity contribution in [1.82, 2.24) is 4.98 Å². The molecule has 1 heterocycles. The molecule has 0 aliphatic rings. The van der Waals surface area contributed by atoms with Gasteiger partial charge in [-0.3, -0.25) is 4.98 Å². The molecule has 0 atom stereocenters. The summed E-state index contributed by atoms with van der Waals surface area (Å²) in [5, 5.41) is 3.66. The Morgan fingerprint density at radius 2 is 1.65 bits per heavy atom. The van der Waals surface area contributed by atoms with E-state index in [1.807, 2.05) is 25.1 Å². The smallest absolute Gasteiger partial charge is 0.0723 e. The number of para-hydroxylation sites is 1. The maximum Gasteiger partial charge on any atom is 0.0723 e. The highest BCUT2D eigenvalue weighted by atomic mass is 32.2. The number of fused-ring (bicyclic) bond motifs is 3. The first-order chi connectivity index (χ1) is 11.2. The van der Waals surface area contributed by atoms with Gasteiger partial charge in [0, 0.05) is 26.6 Å². The van der Waals surface area contributed by atoms with Crippen molar-refractivity contribution in [2.75, 3.05) is 5.73 Å². The van der Waals surface area contributed by atoms with Gasteiger partial charge in [-0.05, 0) is 42.0 Å². The standard InChI is InChI=1S/C20H16N2S/c1-13-12-19(23-18-9-5-4-8-16(18)21)20-15-7-3-2-6-14(15)10-11-17(20)22-13/h2-12H,21H2,1H3. The molecule has 0 fully saturated rings. The minimum Gasteiger partial charge on any atom is -0.398 e. The van der Waals surface area contributed by atoms with Gasteiger partial charge in [-0.2, -0.15) is 0 Å². The molecular weight excluding hydrogens is 300 g/mol. The minimum atomic E-state index is 0.806. The Morgan fingerprint density at radius 1 is 0.870 bits per heavy atom. The number of benzene rings is 3. The summed E-state index contributed by atoms with van der Waals surface area (Å²) in [6.45, 7) is 2.03. The SMILES string of the molecule is Cc1cc(Sc2ccccc2N)c2c(ccc3ccccc32)n1. The first kappa shape index (κ1) is 14.1. The van der Waals surface area contributed by atoms with Crippen LogP contribution in [0.15, 0.2) is 76.5 Å². The number of pyridine rings is 1. The van der Waals surface area contributed by atoms with Crippen molar-refractivity contribution < 1.29 is 0 Å². The van der Waals surface area contributed by atoms with E-state index in [1.165, 1.54) is 21.1 Å². The third kappa shape index (κ3) is 2.53. The van der Waals surface area contributed by atoms with E-state index >= 15 is 0 Å². The van der Waals surface area contributed by atoms with E-state index in [0.717, 1.165) is 21.8 Å². The number of hydrogen-bond donors (Lipinski definition) is 1. The summed E-state index contributed by atoms with van der Waals surface area (Å²) in [5.41, 5.74) is 8.98. The highest BCUT2D eigenvalue weighted by molar-refractivity contribution is 7.99. The van der Waals surface area contributed by atoms with Crippen LogP contribution in [0.2, 0.25) is 0 Å². The van der Waals surface area contributed by atoms with Crippen molar-refractivity contribution in [3.63, 3.8) is 0 Å². The average molecular weight is 316 g/mol. The molecule has 2 nitrogen and oxygen atoms in total. The molecular formula is C20H16N2S. The molecule has 4 aromatic rings. The number of anilines is 1. The zero-order valence-corrected chi connectivity index (χ0v) is 13.6. The quantitative estimate of drug-likeness (QED) is 0.396. The van der Waals surface area contributed by atoms with Crippen LogP contribution in [0.3, 0.4) is 0 Å². The van der Waals surface area contributed by atoms with Crippen molar-refractivity contribution in [2.45, 2.75) is 16.7 Å². The lowest BCUT2D eigenvalue weighted by atomic mass is 10.0. The molecule has 3 heteroatoms. The van der Waals surface area contributed by atoms with Gasteiger partial charge in [0.15, 0.2) is 0 Å². The van der Waals surface area contributed by atoms with Crippen LogP contribution in [-0.2, 0) is 0 Å². The topological polar surface area (TPSA) is 38.9 Å². The third-order valence-corrected chi connectivity index (χ3v) is 5.06. The van der Waals surface area contributed by atoms with Gasteiger partial charge in [0.1, 0.15) is 0 Å². The molecule has 0 aliphatic heterocycles. The molecule has 0 amide bonds. The first-order valence-electron chi connectivity index (χ1n) is 7.54. The predicted molar refractivity (Wildman–Crippen MR) is 99.0 cm³/mol. The van der Waals surface area contributed by atoms with Crippen LogP contribution in [-0.4, -0.2) is 4.98 Å². The van der Waals surface area contributed by atoms with Crippen LogP contribution >= 0.6 is 11.8 Å². The Morgan fingerprint density at radius 3 is 2.52 bits per heavy atom. The van der Waals surface area contributed by atoms with E-state index in [4.69, 9.17) is 10.7 Å². The second-order valence-corrected chi connectivity index (χ2v) is 6.67. The fourth-order valence-corrected chi connectivity index (χ4v) is 3.98. The van der Waals surface area contributed by atoms with Crippen LogP contribution in [0.4, 0.5) is 5.69 Å². The van der Waals surface area contributed by atoms with E-state index < -0.39 is 0 Å². The number of nitrogens with two attached hydrogens (primary N) is 1.